The minimum absolute atomic E-state index is 0.168. The summed E-state index contributed by atoms with van der Waals surface area (Å²) >= 11 is 0. The second-order valence-electron chi connectivity index (χ2n) is 6.41. The molecule has 2 aromatic rings. The molecule has 3 amide bonds. The van der Waals surface area contributed by atoms with Gasteiger partial charge in [0.2, 0.25) is 0 Å². The molecule has 2 aliphatic rings. The molecule has 7 heteroatoms. The number of hydrogen-bond donors (Lipinski definition) is 1. The number of nitrogens with zero attached hydrogens (tertiary/aromatic N) is 1. The van der Waals surface area contributed by atoms with Gasteiger partial charge in [-0.05, 0) is 30.3 Å². The molecule has 4 rings (SSSR count). The van der Waals surface area contributed by atoms with Crippen molar-refractivity contribution in [2.45, 2.75) is 12.0 Å². The van der Waals surface area contributed by atoms with Crippen LogP contribution in [0.2, 0.25) is 0 Å². The molecule has 0 bridgehead atoms. The fraction of sp³-hybridized carbons (Fsp3) is 0.300. The van der Waals surface area contributed by atoms with Crippen molar-refractivity contribution in [1.29, 1.82) is 0 Å². The van der Waals surface area contributed by atoms with Crippen molar-refractivity contribution < 1.29 is 23.8 Å². The average Bonchev–Trinajstić information content (AvgIpc) is 2.93. The Morgan fingerprint density at radius 3 is 2.63 bits per heavy atom. The summed E-state index contributed by atoms with van der Waals surface area (Å²) in [5.74, 6) is 1.75. The van der Waals surface area contributed by atoms with Gasteiger partial charge >= 0.3 is 6.03 Å². The third-order valence-electron chi connectivity index (χ3n) is 4.90. The zero-order chi connectivity index (χ0) is 18.9. The Morgan fingerprint density at radius 1 is 1.11 bits per heavy atom. The highest BCUT2D eigenvalue weighted by Gasteiger charge is 2.54. The summed E-state index contributed by atoms with van der Waals surface area (Å²) in [6, 6.07) is 14.0. The first-order valence-corrected chi connectivity index (χ1v) is 8.77. The van der Waals surface area contributed by atoms with Gasteiger partial charge in [0.1, 0.15) is 23.9 Å². The van der Waals surface area contributed by atoms with E-state index in [2.05, 4.69) is 5.32 Å². The third kappa shape index (κ3) is 2.95. The van der Waals surface area contributed by atoms with Crippen LogP contribution in [0.25, 0.3) is 0 Å². The van der Waals surface area contributed by atoms with Crippen LogP contribution in [-0.2, 0) is 10.3 Å². The first-order chi connectivity index (χ1) is 13.1. The zero-order valence-corrected chi connectivity index (χ0v) is 14.9. The third-order valence-corrected chi connectivity index (χ3v) is 4.90. The van der Waals surface area contributed by atoms with E-state index in [0.29, 0.717) is 30.1 Å². The van der Waals surface area contributed by atoms with Crippen LogP contribution in [0.5, 0.6) is 17.2 Å². The van der Waals surface area contributed by atoms with Gasteiger partial charge in [0.05, 0.1) is 20.3 Å². The largest absolute Gasteiger partial charge is 0.497 e. The van der Waals surface area contributed by atoms with Crippen molar-refractivity contribution in [2.24, 2.45) is 0 Å². The summed E-state index contributed by atoms with van der Waals surface area (Å²) in [5.41, 5.74) is -0.348. The van der Waals surface area contributed by atoms with E-state index in [1.54, 1.807) is 31.4 Å². The molecule has 1 fully saturated rings. The molecule has 0 radical (unpaired) electrons. The molecule has 1 atom stereocenters. The molecule has 0 unspecified atom stereocenters. The minimum Gasteiger partial charge on any atom is -0.497 e. The molecular weight excluding hydrogens is 348 g/mol. The zero-order valence-electron chi connectivity index (χ0n) is 14.9. The maximum atomic E-state index is 13.1. The predicted octanol–water partition coefficient (Wildman–Crippen LogP) is 2.30. The molecule has 2 heterocycles. The Kier molecular flexibility index (Phi) is 4.35. The molecular formula is C20H20N2O5. The fourth-order valence-corrected chi connectivity index (χ4v) is 3.50. The Labute approximate surface area is 156 Å². The van der Waals surface area contributed by atoms with E-state index in [1.165, 1.54) is 4.90 Å². The topological polar surface area (TPSA) is 77.1 Å². The predicted molar refractivity (Wildman–Crippen MR) is 97.0 cm³/mol. The highest BCUT2D eigenvalue weighted by molar-refractivity contribution is 6.07. The first-order valence-electron chi connectivity index (χ1n) is 8.77. The number of methoxy groups -OCH3 is 1. The number of para-hydroxylation sites is 1. The molecule has 0 aromatic heterocycles. The maximum absolute atomic E-state index is 13.1. The Balaban J connectivity index is 1.46. The van der Waals surface area contributed by atoms with Crippen LogP contribution in [0.3, 0.4) is 0 Å². The van der Waals surface area contributed by atoms with Gasteiger partial charge in [-0.3, -0.25) is 9.69 Å². The number of hydrogen-bond acceptors (Lipinski definition) is 5. The van der Waals surface area contributed by atoms with Crippen LogP contribution >= 0.6 is 0 Å². The number of benzene rings is 2. The highest BCUT2D eigenvalue weighted by Crippen LogP contribution is 2.40. The van der Waals surface area contributed by atoms with E-state index < -0.39 is 11.6 Å². The minimum atomic E-state index is -1.05. The van der Waals surface area contributed by atoms with Crippen molar-refractivity contribution in [1.82, 2.24) is 10.2 Å². The summed E-state index contributed by atoms with van der Waals surface area (Å²) in [4.78, 5) is 26.8. The van der Waals surface area contributed by atoms with Crippen molar-refractivity contribution in [3.05, 3.63) is 54.1 Å². The number of rotatable bonds is 5. The van der Waals surface area contributed by atoms with E-state index in [4.69, 9.17) is 14.2 Å². The Hall–Kier alpha value is -3.22. The summed E-state index contributed by atoms with van der Waals surface area (Å²) < 4.78 is 16.4. The normalized spacial score (nSPS) is 20.9. The number of nitrogens with one attached hydrogen (secondary N) is 1. The monoisotopic (exact) mass is 368 g/mol. The lowest BCUT2D eigenvalue weighted by molar-refractivity contribution is -0.132. The molecule has 2 aliphatic heterocycles. The highest BCUT2D eigenvalue weighted by atomic mass is 16.5. The lowest BCUT2D eigenvalue weighted by atomic mass is 9.84. The number of imide groups is 1. The van der Waals surface area contributed by atoms with E-state index in [0.717, 1.165) is 5.75 Å². The molecule has 27 heavy (non-hydrogen) atoms. The van der Waals surface area contributed by atoms with Crippen LogP contribution in [0.1, 0.15) is 12.0 Å². The van der Waals surface area contributed by atoms with Gasteiger partial charge in [-0.2, -0.15) is 0 Å². The Bertz CT molecular complexity index is 867. The first kappa shape index (κ1) is 17.2. The quantitative estimate of drug-likeness (QED) is 0.820. The lowest BCUT2D eigenvalue weighted by Gasteiger charge is -2.33. The second-order valence-corrected chi connectivity index (χ2v) is 6.41. The fourth-order valence-electron chi connectivity index (χ4n) is 3.50. The number of carbonyl (C=O) groups is 2. The molecule has 1 N–H and O–H groups in total. The van der Waals surface area contributed by atoms with Crippen molar-refractivity contribution in [3.8, 4) is 17.2 Å². The standard InChI is InChI=1S/C20H20N2O5/c1-25-14-6-8-15(9-7-14)26-13-11-22-18(23)20(21-19(22)24)10-12-27-17-5-3-2-4-16(17)20/h2-9H,10-13H2,1H3,(H,21,24)/t20-/m1/s1. The summed E-state index contributed by atoms with van der Waals surface area (Å²) in [7, 11) is 1.59. The van der Waals surface area contributed by atoms with Gasteiger partial charge in [-0.1, -0.05) is 18.2 Å². The van der Waals surface area contributed by atoms with E-state index in [9.17, 15) is 9.59 Å². The lowest BCUT2D eigenvalue weighted by Crippen LogP contribution is -2.47. The Morgan fingerprint density at radius 2 is 1.85 bits per heavy atom. The molecule has 2 aromatic carbocycles. The van der Waals surface area contributed by atoms with Gasteiger partial charge in [0.25, 0.3) is 5.91 Å². The average molecular weight is 368 g/mol. The van der Waals surface area contributed by atoms with Crippen molar-refractivity contribution >= 4 is 11.9 Å². The smallest absolute Gasteiger partial charge is 0.325 e. The van der Waals surface area contributed by atoms with Crippen molar-refractivity contribution in [3.63, 3.8) is 0 Å². The molecule has 7 nitrogen and oxygen atoms in total. The number of fused-ring (bicyclic) bond motifs is 2. The molecule has 0 aliphatic carbocycles. The summed E-state index contributed by atoms with van der Waals surface area (Å²) in [6.45, 7) is 0.750. The maximum Gasteiger partial charge on any atom is 0.325 e. The summed E-state index contributed by atoms with van der Waals surface area (Å²) in [5, 5.41) is 2.87. The number of urea groups is 1. The van der Waals surface area contributed by atoms with Gasteiger partial charge in [-0.15, -0.1) is 0 Å². The molecule has 140 valence electrons. The van der Waals surface area contributed by atoms with Gasteiger partial charge in [0.15, 0.2) is 5.54 Å². The SMILES string of the molecule is COc1ccc(OCCN2C(=O)N[C@@]3(CCOc4ccccc43)C2=O)cc1. The van der Waals surface area contributed by atoms with E-state index in [1.807, 2.05) is 24.3 Å². The summed E-state index contributed by atoms with van der Waals surface area (Å²) in [6.07, 6.45) is 0.407. The van der Waals surface area contributed by atoms with Crippen LogP contribution in [0, 0.1) is 0 Å². The number of amides is 3. The number of carbonyl (C=O) groups excluding carboxylic acids is 2. The van der Waals surface area contributed by atoms with Crippen molar-refractivity contribution in [2.75, 3.05) is 26.9 Å². The molecule has 1 saturated heterocycles. The van der Waals surface area contributed by atoms with Gasteiger partial charge < -0.3 is 19.5 Å². The van der Waals surface area contributed by atoms with Crippen LogP contribution in [-0.4, -0.2) is 43.7 Å². The van der Waals surface area contributed by atoms with E-state index in [-0.39, 0.29) is 19.1 Å². The van der Waals surface area contributed by atoms with Crippen LogP contribution in [0.4, 0.5) is 4.79 Å². The van der Waals surface area contributed by atoms with Crippen LogP contribution < -0.4 is 19.5 Å². The number of ether oxygens (including phenoxy) is 3. The molecule has 1 spiro atoms. The van der Waals surface area contributed by atoms with E-state index >= 15 is 0 Å². The van der Waals surface area contributed by atoms with Crippen LogP contribution in [0.15, 0.2) is 48.5 Å². The van der Waals surface area contributed by atoms with Gasteiger partial charge in [-0.25, -0.2) is 4.79 Å². The molecule has 0 saturated carbocycles. The second kappa shape index (κ2) is 6.83. The van der Waals surface area contributed by atoms with Gasteiger partial charge in [0, 0.05) is 12.0 Å².